The third kappa shape index (κ3) is 1.99. The van der Waals surface area contributed by atoms with Gasteiger partial charge in [-0.2, -0.15) is 0 Å². The van der Waals surface area contributed by atoms with Gasteiger partial charge in [0.25, 0.3) is 0 Å². The first kappa shape index (κ1) is 13.0. The second kappa shape index (κ2) is 4.65. The predicted octanol–water partition coefficient (Wildman–Crippen LogP) is 2.16. The first-order valence-corrected chi connectivity index (χ1v) is 6.36. The van der Waals surface area contributed by atoms with Crippen LogP contribution in [0.1, 0.15) is 42.6 Å². The molecule has 0 amide bonds. The van der Waals surface area contributed by atoms with Crippen molar-refractivity contribution in [1.82, 2.24) is 0 Å². The van der Waals surface area contributed by atoms with Gasteiger partial charge in [-0.25, -0.2) is 0 Å². The van der Waals surface area contributed by atoms with Crippen LogP contribution < -0.4 is 0 Å². The van der Waals surface area contributed by atoms with Crippen LogP contribution in [0.15, 0.2) is 24.3 Å². The second-order valence-electron chi connectivity index (χ2n) is 5.22. The summed E-state index contributed by atoms with van der Waals surface area (Å²) < 4.78 is 0. The summed E-state index contributed by atoms with van der Waals surface area (Å²) in [5.41, 5.74) is -0.415. The minimum Gasteiger partial charge on any atom is -0.374 e. The lowest BCUT2D eigenvalue weighted by Gasteiger charge is -2.25. The number of rotatable bonds is 2. The molecule has 3 heteroatoms. The molecule has 0 saturated heterocycles. The van der Waals surface area contributed by atoms with E-state index in [1.54, 1.807) is 26.0 Å². The molecule has 0 aliphatic heterocycles. The Hall–Kier alpha value is -1.48. The molecule has 0 bridgehead atoms. The first-order chi connectivity index (χ1) is 8.47. The smallest absolute Gasteiger partial charge is 0.202 e. The van der Waals surface area contributed by atoms with Crippen molar-refractivity contribution in [3.8, 4) is 0 Å². The molecule has 1 aromatic carbocycles. The lowest BCUT2D eigenvalue weighted by atomic mass is 9.82. The molecule has 1 aromatic rings. The SMILES string of the molecule is CC(C)C(=O)C1(O)CCCc2ccccc2C1=O. The van der Waals surface area contributed by atoms with Crippen molar-refractivity contribution in [1.29, 1.82) is 0 Å². The fourth-order valence-electron chi connectivity index (χ4n) is 2.54. The zero-order valence-corrected chi connectivity index (χ0v) is 10.8. The molecule has 1 atom stereocenters. The van der Waals surface area contributed by atoms with Crippen LogP contribution in [0.2, 0.25) is 0 Å². The summed E-state index contributed by atoms with van der Waals surface area (Å²) in [7, 11) is 0. The maximum Gasteiger partial charge on any atom is 0.202 e. The maximum absolute atomic E-state index is 12.4. The summed E-state index contributed by atoms with van der Waals surface area (Å²) in [5, 5.41) is 10.5. The van der Waals surface area contributed by atoms with E-state index in [1.165, 1.54) is 0 Å². The Morgan fingerprint density at radius 3 is 2.67 bits per heavy atom. The van der Waals surface area contributed by atoms with Crippen LogP contribution in [0, 0.1) is 5.92 Å². The summed E-state index contributed by atoms with van der Waals surface area (Å²) in [6, 6.07) is 7.23. The number of carbonyl (C=O) groups is 2. The Labute approximate surface area is 107 Å². The molecular formula is C15H18O3. The van der Waals surface area contributed by atoms with Crippen LogP contribution in [0.3, 0.4) is 0 Å². The zero-order valence-electron chi connectivity index (χ0n) is 10.8. The van der Waals surface area contributed by atoms with E-state index in [0.717, 1.165) is 12.0 Å². The average Bonchev–Trinajstić information content (AvgIpc) is 2.48. The largest absolute Gasteiger partial charge is 0.374 e. The number of hydrogen-bond acceptors (Lipinski definition) is 3. The van der Waals surface area contributed by atoms with Crippen molar-refractivity contribution >= 4 is 11.6 Å². The quantitative estimate of drug-likeness (QED) is 0.642. The number of aliphatic hydroxyl groups is 1. The molecular weight excluding hydrogens is 228 g/mol. The standard InChI is InChI=1S/C15H18O3/c1-10(2)13(16)15(18)9-5-7-11-6-3-4-8-12(11)14(15)17/h3-4,6,8,10,18H,5,7,9H2,1-2H3. The van der Waals surface area contributed by atoms with Crippen LogP contribution >= 0.6 is 0 Å². The van der Waals surface area contributed by atoms with E-state index < -0.39 is 11.4 Å². The fraction of sp³-hybridized carbons (Fsp3) is 0.467. The molecule has 3 nitrogen and oxygen atoms in total. The Bertz CT molecular complexity index is 490. The minimum absolute atomic E-state index is 0.220. The highest BCUT2D eigenvalue weighted by atomic mass is 16.3. The van der Waals surface area contributed by atoms with Gasteiger partial charge in [-0.3, -0.25) is 9.59 Å². The number of benzene rings is 1. The molecule has 0 aromatic heterocycles. The van der Waals surface area contributed by atoms with Gasteiger partial charge in [0.1, 0.15) is 0 Å². The minimum atomic E-state index is -1.83. The number of ketones is 2. The van der Waals surface area contributed by atoms with Gasteiger partial charge in [-0.15, -0.1) is 0 Å². The zero-order chi connectivity index (χ0) is 13.3. The van der Waals surface area contributed by atoms with Crippen molar-refractivity contribution in [3.63, 3.8) is 0 Å². The summed E-state index contributed by atoms with van der Waals surface area (Å²) in [4.78, 5) is 24.6. The first-order valence-electron chi connectivity index (χ1n) is 6.36. The number of Topliss-reactive ketones (excluding diaryl/α,β-unsaturated/α-hetero) is 2. The third-order valence-corrected chi connectivity index (χ3v) is 3.55. The van der Waals surface area contributed by atoms with Crippen LogP contribution in [0.4, 0.5) is 0 Å². The highest BCUT2D eigenvalue weighted by Crippen LogP contribution is 2.30. The van der Waals surface area contributed by atoms with Gasteiger partial charge in [-0.05, 0) is 24.8 Å². The number of carbonyl (C=O) groups excluding carboxylic acids is 2. The Kier molecular flexibility index (Phi) is 3.35. The molecule has 0 saturated carbocycles. The van der Waals surface area contributed by atoms with Crippen molar-refractivity contribution < 1.29 is 14.7 Å². The van der Waals surface area contributed by atoms with E-state index in [9.17, 15) is 14.7 Å². The van der Waals surface area contributed by atoms with Gasteiger partial charge in [0.2, 0.25) is 5.78 Å². The molecule has 2 rings (SSSR count). The summed E-state index contributed by atoms with van der Waals surface area (Å²) in [6.07, 6.45) is 1.60. The summed E-state index contributed by atoms with van der Waals surface area (Å²) >= 11 is 0. The van der Waals surface area contributed by atoms with Gasteiger partial charge in [0.05, 0.1) is 0 Å². The Morgan fingerprint density at radius 2 is 2.00 bits per heavy atom. The van der Waals surface area contributed by atoms with Crippen molar-refractivity contribution in [3.05, 3.63) is 35.4 Å². The average molecular weight is 246 g/mol. The number of aryl methyl sites for hydroxylation is 1. The fourth-order valence-corrected chi connectivity index (χ4v) is 2.54. The van der Waals surface area contributed by atoms with E-state index in [0.29, 0.717) is 12.0 Å². The molecule has 18 heavy (non-hydrogen) atoms. The summed E-state index contributed by atoms with van der Waals surface area (Å²) in [6.45, 7) is 3.43. The topological polar surface area (TPSA) is 54.4 Å². The van der Waals surface area contributed by atoms with Crippen molar-refractivity contribution in [2.75, 3.05) is 0 Å². The maximum atomic E-state index is 12.4. The van der Waals surface area contributed by atoms with E-state index in [-0.39, 0.29) is 18.1 Å². The van der Waals surface area contributed by atoms with E-state index in [2.05, 4.69) is 0 Å². The lowest BCUT2D eigenvalue weighted by molar-refractivity contribution is -0.136. The van der Waals surface area contributed by atoms with Gasteiger partial charge >= 0.3 is 0 Å². The predicted molar refractivity (Wildman–Crippen MR) is 68.5 cm³/mol. The molecule has 0 spiro atoms. The molecule has 0 radical (unpaired) electrons. The normalized spacial score (nSPS) is 23.7. The monoisotopic (exact) mass is 246 g/mol. The van der Waals surface area contributed by atoms with Crippen LogP contribution in [-0.2, 0) is 11.2 Å². The van der Waals surface area contributed by atoms with Gasteiger partial charge < -0.3 is 5.11 Å². The molecule has 1 aliphatic rings. The Morgan fingerprint density at radius 1 is 1.33 bits per heavy atom. The van der Waals surface area contributed by atoms with Gasteiger partial charge in [0, 0.05) is 11.5 Å². The Balaban J connectivity index is 2.48. The number of fused-ring (bicyclic) bond motifs is 1. The van der Waals surface area contributed by atoms with Crippen molar-refractivity contribution in [2.24, 2.45) is 5.92 Å². The van der Waals surface area contributed by atoms with E-state index >= 15 is 0 Å². The van der Waals surface area contributed by atoms with E-state index in [4.69, 9.17) is 0 Å². The third-order valence-electron chi connectivity index (χ3n) is 3.55. The van der Waals surface area contributed by atoms with Gasteiger partial charge in [-0.1, -0.05) is 38.1 Å². The molecule has 1 aliphatic carbocycles. The van der Waals surface area contributed by atoms with Crippen molar-refractivity contribution in [2.45, 2.75) is 38.7 Å². The summed E-state index contributed by atoms with van der Waals surface area (Å²) in [5.74, 6) is -1.15. The molecule has 1 unspecified atom stereocenters. The number of hydrogen-bond donors (Lipinski definition) is 1. The van der Waals surface area contributed by atoms with E-state index in [1.807, 2.05) is 12.1 Å². The van der Waals surface area contributed by atoms with Crippen LogP contribution in [0.5, 0.6) is 0 Å². The second-order valence-corrected chi connectivity index (χ2v) is 5.22. The molecule has 0 fully saturated rings. The molecule has 1 N–H and O–H groups in total. The van der Waals surface area contributed by atoms with Crippen LogP contribution in [-0.4, -0.2) is 22.3 Å². The highest BCUT2D eigenvalue weighted by Gasteiger charge is 2.45. The molecule has 0 heterocycles. The van der Waals surface area contributed by atoms with Gasteiger partial charge in [0.15, 0.2) is 11.4 Å². The molecule has 96 valence electrons. The van der Waals surface area contributed by atoms with Crippen LogP contribution in [0.25, 0.3) is 0 Å². The lowest BCUT2D eigenvalue weighted by Crippen LogP contribution is -2.48. The highest BCUT2D eigenvalue weighted by molar-refractivity contribution is 6.18.